The molecular weight excluding hydrogens is 75.0 g/mol. The Balaban J connectivity index is 0. The first-order valence-electron chi connectivity index (χ1n) is 1.23. The van der Waals surface area contributed by atoms with Crippen LogP contribution in [0.15, 0.2) is 20.7 Å². The van der Waals surface area contributed by atoms with E-state index in [1.54, 1.807) is 0 Å². The van der Waals surface area contributed by atoms with Crippen LogP contribution in [0.3, 0.4) is 0 Å². The van der Waals surface area contributed by atoms with Gasteiger partial charge in [0.25, 0.3) is 0 Å². The number of hydrogen-bond donors (Lipinski definition) is 0. The average Bonchev–Trinajstić information content (AvgIpc) is 1.76. The Bertz CT molecular complexity index is 69.8. The molecule has 0 saturated carbocycles. The maximum Gasteiger partial charge on any atom is 1.00 e. The molecule has 0 N–H and O–H groups in total. The zero-order valence-corrected chi connectivity index (χ0v) is 3.50. The van der Waals surface area contributed by atoms with Crippen molar-refractivity contribution in [2.45, 2.75) is 0 Å². The van der Waals surface area contributed by atoms with E-state index in [1.165, 1.54) is 0 Å². The van der Waals surface area contributed by atoms with Crippen molar-refractivity contribution in [1.29, 1.82) is 0 Å². The maximum atomic E-state index is 3.38. The fourth-order valence-electron chi connectivity index (χ4n) is 0.141. The van der Waals surface area contributed by atoms with Gasteiger partial charge in [-0.2, -0.15) is 0 Å². The van der Waals surface area contributed by atoms with Gasteiger partial charge >= 0.3 is 18.9 Å². The normalized spacial score (nSPS) is 14.7. The summed E-state index contributed by atoms with van der Waals surface area (Å²) in [6, 6.07) is 0. The molecule has 1 aliphatic rings. The van der Waals surface area contributed by atoms with Crippen LogP contribution >= 0.6 is 0 Å². The van der Waals surface area contributed by atoms with E-state index in [4.69, 9.17) is 0 Å². The molecule has 1 heterocycles. The molecule has 0 saturated heterocycles. The number of nitrogens with zero attached hydrogens (tertiary/aromatic N) is 4. The van der Waals surface area contributed by atoms with E-state index >= 15 is 0 Å². The van der Waals surface area contributed by atoms with Gasteiger partial charge in [0.2, 0.25) is 0 Å². The molecule has 0 amide bonds. The zero-order chi connectivity index (χ0) is 3.54. The number of hydrogen-bond acceptors (Lipinski definition) is 4. The second kappa shape index (κ2) is 3.01. The third-order valence-corrected chi connectivity index (χ3v) is 0.293. The van der Waals surface area contributed by atoms with E-state index in [0.717, 1.165) is 0 Å². The zero-order valence-electron chi connectivity index (χ0n) is 4.50. The summed E-state index contributed by atoms with van der Waals surface area (Å²) in [4.78, 5) is 0. The van der Waals surface area contributed by atoms with Crippen LogP contribution in [0.5, 0.6) is 0 Å². The van der Waals surface area contributed by atoms with Gasteiger partial charge in [0.05, 0.1) is 0 Å². The van der Waals surface area contributed by atoms with Gasteiger partial charge in [0.1, 0.15) is 0 Å². The van der Waals surface area contributed by atoms with Gasteiger partial charge in [0.15, 0.2) is 6.67 Å². The van der Waals surface area contributed by atoms with E-state index in [0.29, 0.717) is 6.67 Å². The van der Waals surface area contributed by atoms with Gasteiger partial charge in [-0.15, -0.1) is 10.2 Å². The average molecular weight is 78.0 g/mol. The fraction of sp³-hybridized carbons (Fsp3) is 1.00. The summed E-state index contributed by atoms with van der Waals surface area (Å²) in [5.74, 6) is 0. The molecule has 0 radical (unpaired) electrons. The summed E-state index contributed by atoms with van der Waals surface area (Å²) in [6.45, 7) is 0.417. The third kappa shape index (κ3) is 1.29. The minimum absolute atomic E-state index is 0. The van der Waals surface area contributed by atoms with Crippen molar-refractivity contribution < 1.29 is 20.3 Å². The van der Waals surface area contributed by atoms with Gasteiger partial charge in [-0.3, -0.25) is 0 Å². The Morgan fingerprint density at radius 2 is 1.67 bits per heavy atom. The van der Waals surface area contributed by atoms with Crippen molar-refractivity contribution in [3.63, 3.8) is 0 Å². The molecule has 28 valence electrons. The van der Waals surface area contributed by atoms with Crippen molar-refractivity contribution in [1.82, 2.24) is 0 Å². The van der Waals surface area contributed by atoms with E-state index in [-0.39, 0.29) is 20.3 Å². The van der Waals surface area contributed by atoms with E-state index in [2.05, 4.69) is 20.7 Å². The van der Waals surface area contributed by atoms with Crippen LogP contribution in [0, 0.1) is 0 Å². The van der Waals surface area contributed by atoms with Gasteiger partial charge < -0.3 is 1.43 Å². The monoisotopic (exact) mass is 78.1 g/mol. The molecule has 0 fully saturated rings. The second-order valence-electron chi connectivity index (χ2n) is 0.603. The Hall–Kier alpha value is -0.203. The van der Waals surface area contributed by atoms with Crippen molar-refractivity contribution >= 4 is 0 Å². The number of rotatable bonds is 0. The Morgan fingerprint density at radius 1 is 1.17 bits per heavy atom. The molecule has 1 aliphatic heterocycles. The van der Waals surface area contributed by atoms with Crippen LogP contribution in [0.2, 0.25) is 0 Å². The first-order valence-corrected chi connectivity index (χ1v) is 1.23. The molecular formula is CH3LiN4. The predicted octanol–water partition coefficient (Wildman–Crippen LogP) is -2.11. The standard InChI is InChI=1S/CH2N4.Li.H/c1-2-4-5-3-1;;/h1H2;;/q;+1;-1. The summed E-state index contributed by atoms with van der Waals surface area (Å²) in [6.07, 6.45) is 0. The molecule has 4 nitrogen and oxygen atoms in total. The molecule has 1 rings (SSSR count). The van der Waals surface area contributed by atoms with Crippen LogP contribution in [0.25, 0.3) is 0 Å². The SMILES string of the molecule is C1N=NN=N1.[H-].[Li+]. The van der Waals surface area contributed by atoms with Crippen LogP contribution in [-0.4, -0.2) is 6.67 Å². The second-order valence-corrected chi connectivity index (χ2v) is 0.603. The summed E-state index contributed by atoms with van der Waals surface area (Å²) >= 11 is 0. The van der Waals surface area contributed by atoms with Gasteiger partial charge in [-0.05, 0) is 10.4 Å². The van der Waals surface area contributed by atoms with E-state index in [1.807, 2.05) is 0 Å². The molecule has 0 unspecified atom stereocenters. The summed E-state index contributed by atoms with van der Waals surface area (Å²) < 4.78 is 0. The largest absolute Gasteiger partial charge is 1.00 e. The summed E-state index contributed by atoms with van der Waals surface area (Å²) in [5.41, 5.74) is 0. The van der Waals surface area contributed by atoms with E-state index < -0.39 is 0 Å². The molecule has 0 atom stereocenters. The maximum absolute atomic E-state index is 3.38. The molecule has 0 aromatic rings. The first kappa shape index (κ1) is 5.80. The van der Waals surface area contributed by atoms with E-state index in [9.17, 15) is 0 Å². The minimum Gasteiger partial charge on any atom is -1.00 e. The molecule has 0 aromatic carbocycles. The Labute approximate surface area is 48.4 Å². The Morgan fingerprint density at radius 3 is 1.83 bits per heavy atom. The molecule has 0 spiro atoms. The molecule has 6 heavy (non-hydrogen) atoms. The summed E-state index contributed by atoms with van der Waals surface area (Å²) in [5, 5.41) is 13.1. The van der Waals surface area contributed by atoms with Gasteiger partial charge in [-0.1, -0.05) is 0 Å². The van der Waals surface area contributed by atoms with Crippen molar-refractivity contribution in [3.8, 4) is 0 Å². The van der Waals surface area contributed by atoms with Crippen LogP contribution in [0.1, 0.15) is 1.43 Å². The van der Waals surface area contributed by atoms with Gasteiger partial charge in [0, 0.05) is 0 Å². The minimum atomic E-state index is 0. The smallest absolute Gasteiger partial charge is 1.00 e. The van der Waals surface area contributed by atoms with Crippen molar-refractivity contribution in [2.24, 2.45) is 20.7 Å². The Kier molecular flexibility index (Phi) is 2.90. The predicted molar refractivity (Wildman–Crippen MR) is 15.7 cm³/mol. The topological polar surface area (TPSA) is 49.4 Å². The molecule has 0 aliphatic carbocycles. The summed E-state index contributed by atoms with van der Waals surface area (Å²) in [7, 11) is 0. The van der Waals surface area contributed by atoms with Crippen LogP contribution < -0.4 is 18.9 Å². The van der Waals surface area contributed by atoms with Gasteiger partial charge in [-0.25, -0.2) is 0 Å². The molecule has 0 aromatic heterocycles. The van der Waals surface area contributed by atoms with Crippen molar-refractivity contribution in [3.05, 3.63) is 0 Å². The third-order valence-electron chi connectivity index (χ3n) is 0.293. The first-order chi connectivity index (χ1) is 2.50. The molecule has 0 bridgehead atoms. The molecule has 5 heteroatoms. The quantitative estimate of drug-likeness (QED) is 0.298. The van der Waals surface area contributed by atoms with Crippen LogP contribution in [-0.2, 0) is 0 Å². The van der Waals surface area contributed by atoms with Crippen molar-refractivity contribution in [2.75, 3.05) is 6.67 Å². The van der Waals surface area contributed by atoms with Crippen LogP contribution in [0.4, 0.5) is 0 Å². The fourth-order valence-corrected chi connectivity index (χ4v) is 0.141.